The molecule has 2 aromatic heterocycles. The molecule has 4 nitrogen and oxygen atoms in total. The summed E-state index contributed by atoms with van der Waals surface area (Å²) in [5.74, 6) is 0.234. The molecule has 4 heteroatoms. The van der Waals surface area contributed by atoms with Gasteiger partial charge in [-0.2, -0.15) is 0 Å². The fraction of sp³-hybridized carbons (Fsp3) is 0.0952. The third-order valence-electron chi connectivity index (χ3n) is 4.34. The number of rotatable bonds is 4. The van der Waals surface area contributed by atoms with Gasteiger partial charge in [-0.1, -0.05) is 18.2 Å². The number of fused-ring (bicyclic) bond motifs is 1. The lowest BCUT2D eigenvalue weighted by molar-refractivity contribution is 0.475. The largest absolute Gasteiger partial charge is 0.508 e. The number of hydrogen-bond donors (Lipinski definition) is 2. The molecular weight excluding hydrogens is 310 g/mol. The molecular formula is C21H19N3O. The van der Waals surface area contributed by atoms with Gasteiger partial charge in [0, 0.05) is 47.2 Å². The van der Waals surface area contributed by atoms with E-state index >= 15 is 0 Å². The minimum atomic E-state index is 0.234. The van der Waals surface area contributed by atoms with Gasteiger partial charge in [-0.25, -0.2) is 0 Å². The fourth-order valence-electron chi connectivity index (χ4n) is 3.17. The number of pyridine rings is 1. The lowest BCUT2D eigenvalue weighted by Crippen LogP contribution is -1.96. The molecule has 0 aliphatic carbocycles. The van der Waals surface area contributed by atoms with Gasteiger partial charge in [0.2, 0.25) is 0 Å². The van der Waals surface area contributed by atoms with Crippen molar-refractivity contribution in [1.29, 1.82) is 0 Å². The Bertz CT molecular complexity index is 1040. The van der Waals surface area contributed by atoms with E-state index in [1.807, 2.05) is 24.3 Å². The maximum Gasteiger partial charge on any atom is 0.117 e. The van der Waals surface area contributed by atoms with Crippen molar-refractivity contribution in [3.05, 3.63) is 73.1 Å². The van der Waals surface area contributed by atoms with E-state index in [1.54, 1.807) is 18.3 Å². The first-order valence-electron chi connectivity index (χ1n) is 8.35. The molecule has 0 spiro atoms. The topological polar surface area (TPSA) is 50.1 Å². The third kappa shape index (κ3) is 2.83. The Kier molecular flexibility index (Phi) is 3.86. The van der Waals surface area contributed by atoms with Crippen LogP contribution in [-0.4, -0.2) is 14.7 Å². The predicted molar refractivity (Wildman–Crippen MR) is 102 cm³/mol. The molecule has 0 fully saturated rings. The number of hydrogen-bond acceptors (Lipinski definition) is 3. The Morgan fingerprint density at radius 3 is 2.76 bits per heavy atom. The average molecular weight is 329 g/mol. The quantitative estimate of drug-likeness (QED) is 0.543. The Hall–Kier alpha value is -3.27. The molecule has 0 bridgehead atoms. The van der Waals surface area contributed by atoms with Crippen molar-refractivity contribution in [2.45, 2.75) is 13.5 Å². The van der Waals surface area contributed by atoms with Crippen molar-refractivity contribution in [3.8, 4) is 17.0 Å². The molecule has 124 valence electrons. The van der Waals surface area contributed by atoms with Crippen molar-refractivity contribution in [3.63, 3.8) is 0 Å². The van der Waals surface area contributed by atoms with Gasteiger partial charge in [0.25, 0.3) is 0 Å². The zero-order valence-corrected chi connectivity index (χ0v) is 14.0. The number of aromatic nitrogens is 2. The number of nitrogens with one attached hydrogen (secondary N) is 1. The first kappa shape index (κ1) is 15.3. The molecule has 2 heterocycles. The van der Waals surface area contributed by atoms with Crippen LogP contribution in [-0.2, 0) is 6.54 Å². The molecule has 4 rings (SSSR count). The van der Waals surface area contributed by atoms with Gasteiger partial charge in [-0.15, -0.1) is 0 Å². The van der Waals surface area contributed by atoms with Crippen LogP contribution in [0.3, 0.4) is 0 Å². The molecule has 0 saturated carbocycles. The molecule has 4 aromatic rings. The standard InChI is InChI=1S/C21H19N3O/c1-2-24-13-11-17-18(8-4-10-20(17)24)21-19(9-5-12-22-21)23-15-6-3-7-16(25)14-15/h3-14,23,25H,2H2,1H3. The zero-order chi connectivity index (χ0) is 17.2. The van der Waals surface area contributed by atoms with Crippen molar-refractivity contribution in [2.24, 2.45) is 0 Å². The summed E-state index contributed by atoms with van der Waals surface area (Å²) >= 11 is 0. The van der Waals surface area contributed by atoms with Crippen LogP contribution in [0, 0.1) is 0 Å². The van der Waals surface area contributed by atoms with Gasteiger partial charge in [0.05, 0.1) is 11.4 Å². The Labute approximate surface area is 146 Å². The molecule has 2 aromatic carbocycles. The highest BCUT2D eigenvalue weighted by molar-refractivity contribution is 5.97. The van der Waals surface area contributed by atoms with Crippen molar-refractivity contribution < 1.29 is 5.11 Å². The second-order valence-corrected chi connectivity index (χ2v) is 5.92. The van der Waals surface area contributed by atoms with Gasteiger partial charge in [0.1, 0.15) is 5.75 Å². The summed E-state index contributed by atoms with van der Waals surface area (Å²) in [6.07, 6.45) is 3.91. The van der Waals surface area contributed by atoms with Crippen LogP contribution in [0.15, 0.2) is 73.1 Å². The number of aromatic hydroxyl groups is 1. The number of benzene rings is 2. The van der Waals surface area contributed by atoms with Crippen LogP contribution < -0.4 is 5.32 Å². The monoisotopic (exact) mass is 329 g/mol. The predicted octanol–water partition coefficient (Wildman–Crippen LogP) is 5.17. The molecule has 0 atom stereocenters. The van der Waals surface area contributed by atoms with E-state index < -0.39 is 0 Å². The van der Waals surface area contributed by atoms with E-state index in [0.29, 0.717) is 0 Å². The summed E-state index contributed by atoms with van der Waals surface area (Å²) < 4.78 is 2.23. The molecule has 0 radical (unpaired) electrons. The molecule has 0 saturated heterocycles. The highest BCUT2D eigenvalue weighted by Gasteiger charge is 2.12. The van der Waals surface area contributed by atoms with Crippen molar-refractivity contribution in [1.82, 2.24) is 9.55 Å². The maximum absolute atomic E-state index is 9.69. The first-order valence-corrected chi connectivity index (χ1v) is 8.35. The number of phenolic OH excluding ortho intramolecular Hbond substituents is 1. The van der Waals surface area contributed by atoms with Crippen LogP contribution in [0.2, 0.25) is 0 Å². The summed E-state index contributed by atoms with van der Waals surface area (Å²) in [6.45, 7) is 3.07. The van der Waals surface area contributed by atoms with E-state index in [-0.39, 0.29) is 5.75 Å². The minimum Gasteiger partial charge on any atom is -0.508 e. The average Bonchev–Trinajstić information content (AvgIpc) is 3.05. The van der Waals surface area contributed by atoms with Crippen molar-refractivity contribution >= 4 is 22.3 Å². The van der Waals surface area contributed by atoms with E-state index in [0.717, 1.165) is 29.2 Å². The van der Waals surface area contributed by atoms with Crippen LogP contribution in [0.1, 0.15) is 6.92 Å². The van der Waals surface area contributed by atoms with Gasteiger partial charge >= 0.3 is 0 Å². The summed E-state index contributed by atoms with van der Waals surface area (Å²) in [4.78, 5) is 4.62. The number of nitrogens with zero attached hydrogens (tertiary/aromatic N) is 2. The number of anilines is 2. The maximum atomic E-state index is 9.69. The van der Waals surface area contributed by atoms with E-state index in [4.69, 9.17) is 0 Å². The van der Waals surface area contributed by atoms with Gasteiger partial charge in [-0.05, 0) is 43.3 Å². The van der Waals surface area contributed by atoms with Gasteiger partial charge < -0.3 is 15.0 Å². The molecule has 2 N–H and O–H groups in total. The fourth-order valence-corrected chi connectivity index (χ4v) is 3.17. The number of phenols is 1. The summed E-state index contributed by atoms with van der Waals surface area (Å²) in [5, 5.41) is 14.2. The molecule has 0 unspecified atom stereocenters. The van der Waals surface area contributed by atoms with Gasteiger partial charge in [-0.3, -0.25) is 4.98 Å². The van der Waals surface area contributed by atoms with Crippen LogP contribution in [0.5, 0.6) is 5.75 Å². The molecule has 0 aliphatic rings. The van der Waals surface area contributed by atoms with E-state index in [2.05, 4.69) is 52.3 Å². The Morgan fingerprint density at radius 2 is 1.92 bits per heavy atom. The third-order valence-corrected chi connectivity index (χ3v) is 4.34. The Morgan fingerprint density at radius 1 is 1.04 bits per heavy atom. The molecule has 0 aliphatic heterocycles. The molecule has 0 amide bonds. The smallest absolute Gasteiger partial charge is 0.117 e. The highest BCUT2D eigenvalue weighted by Crippen LogP contribution is 2.34. The Balaban J connectivity index is 1.83. The first-order chi connectivity index (χ1) is 12.3. The van der Waals surface area contributed by atoms with Crippen molar-refractivity contribution in [2.75, 3.05) is 5.32 Å². The van der Waals surface area contributed by atoms with Crippen LogP contribution >= 0.6 is 0 Å². The SMILES string of the molecule is CCn1ccc2c(-c3ncccc3Nc3cccc(O)c3)cccc21. The van der Waals surface area contributed by atoms with Crippen LogP contribution in [0.25, 0.3) is 22.2 Å². The second-order valence-electron chi connectivity index (χ2n) is 5.92. The summed E-state index contributed by atoms with van der Waals surface area (Å²) in [6, 6.07) is 19.4. The minimum absolute atomic E-state index is 0.234. The zero-order valence-electron chi connectivity index (χ0n) is 14.0. The lowest BCUT2D eigenvalue weighted by atomic mass is 10.0. The lowest BCUT2D eigenvalue weighted by Gasteiger charge is -2.12. The highest BCUT2D eigenvalue weighted by atomic mass is 16.3. The number of aryl methyl sites for hydroxylation is 1. The second kappa shape index (κ2) is 6.32. The van der Waals surface area contributed by atoms with Gasteiger partial charge in [0.15, 0.2) is 0 Å². The summed E-state index contributed by atoms with van der Waals surface area (Å²) in [5.41, 5.74) is 4.92. The van der Waals surface area contributed by atoms with E-state index in [1.165, 1.54) is 10.9 Å². The molecule has 25 heavy (non-hydrogen) atoms. The normalized spacial score (nSPS) is 10.9. The van der Waals surface area contributed by atoms with E-state index in [9.17, 15) is 5.11 Å². The summed E-state index contributed by atoms with van der Waals surface area (Å²) in [7, 11) is 0. The van der Waals surface area contributed by atoms with Crippen LogP contribution in [0.4, 0.5) is 11.4 Å².